The van der Waals surface area contributed by atoms with E-state index in [1.54, 1.807) is 0 Å². The van der Waals surface area contributed by atoms with Gasteiger partial charge in [0.1, 0.15) is 12.4 Å². The van der Waals surface area contributed by atoms with Crippen LogP contribution in [0, 0.1) is 10.1 Å². The first-order valence-electron chi connectivity index (χ1n) is 3.85. The third kappa shape index (κ3) is 1.97. The Kier molecular flexibility index (Phi) is 2.98. The average molecular weight is 200 g/mol. The molecule has 3 N–H and O–H groups in total. The zero-order valence-corrected chi connectivity index (χ0v) is 7.18. The molecule has 0 amide bonds. The Hall–Kier alpha value is -1.69. The largest absolute Gasteiger partial charge is 0.508 e. The molecule has 0 saturated carbocycles. The minimum Gasteiger partial charge on any atom is -0.508 e. The first-order valence-corrected chi connectivity index (χ1v) is 3.85. The van der Waals surface area contributed by atoms with Crippen molar-refractivity contribution in [2.45, 2.75) is 6.04 Å². The molecule has 1 rings (SSSR count). The van der Waals surface area contributed by atoms with E-state index in [1.807, 2.05) is 0 Å². The van der Waals surface area contributed by atoms with Crippen LogP contribution in [0.4, 0.5) is 10.1 Å². The number of phenolic OH excluding ortho intramolecular Hbond substituents is 1. The first-order chi connectivity index (χ1) is 6.56. The van der Waals surface area contributed by atoms with Crippen molar-refractivity contribution in [2.24, 2.45) is 5.73 Å². The summed E-state index contributed by atoms with van der Waals surface area (Å²) in [7, 11) is 0. The Morgan fingerprint density at radius 3 is 2.79 bits per heavy atom. The van der Waals surface area contributed by atoms with E-state index in [0.717, 1.165) is 18.2 Å². The van der Waals surface area contributed by atoms with Crippen molar-refractivity contribution in [1.29, 1.82) is 0 Å². The van der Waals surface area contributed by atoms with Crippen LogP contribution in [0.15, 0.2) is 18.2 Å². The van der Waals surface area contributed by atoms with Crippen LogP contribution in [0.1, 0.15) is 11.6 Å². The number of alkyl halides is 1. The van der Waals surface area contributed by atoms with Crippen LogP contribution in [0.3, 0.4) is 0 Å². The van der Waals surface area contributed by atoms with Gasteiger partial charge in [0, 0.05) is 17.7 Å². The molecule has 0 aliphatic heterocycles. The second kappa shape index (κ2) is 4.01. The number of nitrogens with two attached hydrogens (primary N) is 1. The van der Waals surface area contributed by atoms with Gasteiger partial charge in [-0.2, -0.15) is 0 Å². The van der Waals surface area contributed by atoms with E-state index in [9.17, 15) is 19.6 Å². The van der Waals surface area contributed by atoms with Gasteiger partial charge in [-0.15, -0.1) is 0 Å². The third-order valence-electron chi connectivity index (χ3n) is 1.79. The lowest BCUT2D eigenvalue weighted by atomic mass is 10.1. The number of nitro groups is 1. The lowest BCUT2D eigenvalue weighted by Crippen LogP contribution is -2.12. The van der Waals surface area contributed by atoms with E-state index in [0.29, 0.717) is 0 Å². The van der Waals surface area contributed by atoms with Crippen LogP contribution in [0.5, 0.6) is 5.75 Å². The SMILES string of the molecule is N[C@H](CF)c1cc([N+](=O)[O-])ccc1O. The number of aromatic hydroxyl groups is 1. The minimum atomic E-state index is -1.03. The summed E-state index contributed by atoms with van der Waals surface area (Å²) in [5.74, 6) is -0.235. The molecule has 0 aromatic heterocycles. The van der Waals surface area contributed by atoms with Crippen molar-refractivity contribution >= 4 is 5.69 Å². The third-order valence-corrected chi connectivity index (χ3v) is 1.79. The summed E-state index contributed by atoms with van der Waals surface area (Å²) in [5, 5.41) is 19.6. The maximum Gasteiger partial charge on any atom is 0.270 e. The summed E-state index contributed by atoms with van der Waals surface area (Å²) in [4.78, 5) is 9.73. The number of nitrogens with zero attached hydrogens (tertiary/aromatic N) is 1. The quantitative estimate of drug-likeness (QED) is 0.567. The van der Waals surface area contributed by atoms with E-state index in [2.05, 4.69) is 0 Å². The highest BCUT2D eigenvalue weighted by molar-refractivity contribution is 5.44. The highest BCUT2D eigenvalue weighted by atomic mass is 19.1. The Morgan fingerprint density at radius 2 is 2.29 bits per heavy atom. The normalized spacial score (nSPS) is 12.4. The molecule has 0 unspecified atom stereocenters. The van der Waals surface area contributed by atoms with Gasteiger partial charge in [0.05, 0.1) is 11.0 Å². The monoisotopic (exact) mass is 200 g/mol. The maximum absolute atomic E-state index is 12.2. The number of halogens is 1. The minimum absolute atomic E-state index is 0.0432. The number of rotatable bonds is 3. The van der Waals surface area contributed by atoms with E-state index < -0.39 is 17.6 Å². The second-order valence-corrected chi connectivity index (χ2v) is 2.76. The first kappa shape index (κ1) is 10.4. The predicted molar refractivity (Wildman–Crippen MR) is 47.7 cm³/mol. The van der Waals surface area contributed by atoms with Crippen LogP contribution >= 0.6 is 0 Å². The van der Waals surface area contributed by atoms with E-state index in [1.165, 1.54) is 0 Å². The van der Waals surface area contributed by atoms with Crippen molar-refractivity contribution in [3.05, 3.63) is 33.9 Å². The van der Waals surface area contributed by atoms with Gasteiger partial charge in [0.15, 0.2) is 0 Å². The second-order valence-electron chi connectivity index (χ2n) is 2.76. The Balaban J connectivity index is 3.14. The molecule has 0 aliphatic carbocycles. The number of benzene rings is 1. The molecule has 0 fully saturated rings. The molecule has 0 aliphatic rings. The van der Waals surface area contributed by atoms with Crippen molar-refractivity contribution in [2.75, 3.05) is 6.67 Å². The molecule has 1 aromatic carbocycles. The summed E-state index contributed by atoms with van der Waals surface area (Å²) in [6.45, 7) is -0.880. The molecule has 0 spiro atoms. The van der Waals surface area contributed by atoms with Crippen molar-refractivity contribution in [3.8, 4) is 5.75 Å². The lowest BCUT2D eigenvalue weighted by molar-refractivity contribution is -0.385. The van der Waals surface area contributed by atoms with Gasteiger partial charge in [-0.25, -0.2) is 4.39 Å². The Bertz CT molecular complexity index is 356. The number of hydrogen-bond acceptors (Lipinski definition) is 4. The Morgan fingerprint density at radius 1 is 1.64 bits per heavy atom. The topological polar surface area (TPSA) is 89.4 Å². The summed E-state index contributed by atoms with van der Waals surface area (Å²) in [6, 6.07) is 2.29. The van der Waals surface area contributed by atoms with Crippen molar-refractivity contribution < 1.29 is 14.4 Å². The Labute approximate surface area is 79.1 Å². The van der Waals surface area contributed by atoms with Crippen LogP contribution in [-0.2, 0) is 0 Å². The van der Waals surface area contributed by atoms with E-state index >= 15 is 0 Å². The van der Waals surface area contributed by atoms with Crippen LogP contribution in [-0.4, -0.2) is 16.7 Å². The molecule has 0 saturated heterocycles. The molecule has 76 valence electrons. The fourth-order valence-electron chi connectivity index (χ4n) is 1.04. The number of non-ortho nitro benzene ring substituents is 1. The zero-order chi connectivity index (χ0) is 10.7. The molecule has 14 heavy (non-hydrogen) atoms. The number of hydrogen-bond donors (Lipinski definition) is 2. The van der Waals surface area contributed by atoms with Crippen LogP contribution in [0.25, 0.3) is 0 Å². The molecule has 0 bridgehead atoms. The van der Waals surface area contributed by atoms with Crippen molar-refractivity contribution in [3.63, 3.8) is 0 Å². The predicted octanol–water partition coefficient (Wildman–Crippen LogP) is 1.27. The summed E-state index contributed by atoms with van der Waals surface area (Å²) < 4.78 is 12.2. The number of phenols is 1. The van der Waals surface area contributed by atoms with Gasteiger partial charge in [-0.05, 0) is 6.07 Å². The van der Waals surface area contributed by atoms with Crippen molar-refractivity contribution in [1.82, 2.24) is 0 Å². The smallest absolute Gasteiger partial charge is 0.270 e. The standard InChI is InChI=1S/C8H9FN2O3/c9-4-7(10)6-3-5(11(13)14)1-2-8(6)12/h1-3,7,12H,4,10H2/t7-/m1/s1. The fraction of sp³-hybridized carbons (Fsp3) is 0.250. The molecule has 0 heterocycles. The molecule has 6 heteroatoms. The van der Waals surface area contributed by atoms with Crippen LogP contribution in [0.2, 0.25) is 0 Å². The highest BCUT2D eigenvalue weighted by Gasteiger charge is 2.15. The average Bonchev–Trinajstić information content (AvgIpc) is 2.17. The zero-order valence-electron chi connectivity index (χ0n) is 7.18. The molecule has 0 radical (unpaired) electrons. The summed E-state index contributed by atoms with van der Waals surface area (Å²) >= 11 is 0. The molecular weight excluding hydrogens is 191 g/mol. The fourth-order valence-corrected chi connectivity index (χ4v) is 1.04. The van der Waals surface area contributed by atoms with Gasteiger partial charge in [-0.3, -0.25) is 10.1 Å². The molecule has 1 atom stereocenters. The molecule has 5 nitrogen and oxygen atoms in total. The van der Waals surface area contributed by atoms with Crippen LogP contribution < -0.4 is 5.73 Å². The van der Waals surface area contributed by atoms with Gasteiger partial charge >= 0.3 is 0 Å². The lowest BCUT2D eigenvalue weighted by Gasteiger charge is -2.08. The van der Waals surface area contributed by atoms with E-state index in [4.69, 9.17) is 5.73 Å². The van der Waals surface area contributed by atoms with Gasteiger partial charge < -0.3 is 10.8 Å². The van der Waals surface area contributed by atoms with Gasteiger partial charge in [0.2, 0.25) is 0 Å². The van der Waals surface area contributed by atoms with Gasteiger partial charge in [0.25, 0.3) is 5.69 Å². The van der Waals surface area contributed by atoms with Gasteiger partial charge in [-0.1, -0.05) is 0 Å². The molecule has 1 aromatic rings. The number of nitro benzene ring substituents is 1. The molecular formula is C8H9FN2O3. The van der Waals surface area contributed by atoms with E-state index in [-0.39, 0.29) is 17.0 Å². The highest BCUT2D eigenvalue weighted by Crippen LogP contribution is 2.27. The maximum atomic E-state index is 12.2. The summed E-state index contributed by atoms with van der Waals surface area (Å²) in [5.41, 5.74) is 5.13. The summed E-state index contributed by atoms with van der Waals surface area (Å²) in [6.07, 6.45) is 0.